The Morgan fingerprint density at radius 2 is 2.00 bits per heavy atom. The number of methoxy groups -OCH3 is 1. The molecular formula is C21H30N4O4. The van der Waals surface area contributed by atoms with Gasteiger partial charge in [-0.1, -0.05) is 11.6 Å². The van der Waals surface area contributed by atoms with Crippen molar-refractivity contribution >= 4 is 16.9 Å². The second-order valence-corrected chi connectivity index (χ2v) is 7.58. The van der Waals surface area contributed by atoms with E-state index < -0.39 is 11.2 Å². The summed E-state index contributed by atoms with van der Waals surface area (Å²) in [7, 11) is 4.69. The molecule has 0 spiro atoms. The minimum absolute atomic E-state index is 0.232. The Labute approximate surface area is 169 Å². The molecule has 0 unspecified atom stereocenters. The van der Waals surface area contributed by atoms with E-state index in [1.807, 2.05) is 0 Å². The average Bonchev–Trinajstić information content (AvgIpc) is 3.11. The maximum Gasteiger partial charge on any atom is 0.332 e. The number of nitrogens with one attached hydrogen (secondary N) is 1. The quantitative estimate of drug-likeness (QED) is 0.538. The SMILES string of the molecule is COCCCn1c(C(=O)NCCC2=CCCCC2)cc2c(=O)n(C)c(=O)n(C)c21. The van der Waals surface area contributed by atoms with E-state index in [2.05, 4.69) is 11.4 Å². The van der Waals surface area contributed by atoms with Gasteiger partial charge in [-0.2, -0.15) is 0 Å². The average molecular weight is 402 g/mol. The molecule has 29 heavy (non-hydrogen) atoms. The van der Waals surface area contributed by atoms with Crippen LogP contribution >= 0.6 is 0 Å². The smallest absolute Gasteiger partial charge is 0.332 e. The Kier molecular flexibility index (Phi) is 6.74. The summed E-state index contributed by atoms with van der Waals surface area (Å²) >= 11 is 0. The van der Waals surface area contributed by atoms with Gasteiger partial charge < -0.3 is 14.6 Å². The zero-order valence-electron chi connectivity index (χ0n) is 17.5. The van der Waals surface area contributed by atoms with Gasteiger partial charge in [0.2, 0.25) is 0 Å². The van der Waals surface area contributed by atoms with Crippen molar-refractivity contribution in [1.29, 1.82) is 0 Å². The monoisotopic (exact) mass is 402 g/mol. The molecule has 1 aliphatic rings. The topological polar surface area (TPSA) is 87.3 Å². The summed E-state index contributed by atoms with van der Waals surface area (Å²) in [5.41, 5.74) is 1.45. The third-order valence-corrected chi connectivity index (χ3v) is 5.57. The zero-order valence-corrected chi connectivity index (χ0v) is 17.5. The molecule has 3 rings (SSSR count). The number of amides is 1. The summed E-state index contributed by atoms with van der Waals surface area (Å²) in [5, 5.41) is 3.35. The lowest BCUT2D eigenvalue weighted by Gasteiger charge is -2.14. The van der Waals surface area contributed by atoms with Gasteiger partial charge in [-0.25, -0.2) is 4.79 Å². The van der Waals surface area contributed by atoms with Gasteiger partial charge >= 0.3 is 5.69 Å². The molecule has 2 heterocycles. The van der Waals surface area contributed by atoms with E-state index in [-0.39, 0.29) is 5.91 Å². The van der Waals surface area contributed by atoms with E-state index in [0.29, 0.717) is 42.8 Å². The first-order chi connectivity index (χ1) is 14.0. The Morgan fingerprint density at radius 3 is 2.69 bits per heavy atom. The fourth-order valence-electron chi connectivity index (χ4n) is 3.98. The zero-order chi connectivity index (χ0) is 21.0. The van der Waals surface area contributed by atoms with Crippen LogP contribution in [0.3, 0.4) is 0 Å². The predicted octanol–water partition coefficient (Wildman–Crippen LogP) is 1.70. The Hall–Kier alpha value is -2.61. The largest absolute Gasteiger partial charge is 0.385 e. The number of hydrogen-bond donors (Lipinski definition) is 1. The van der Waals surface area contributed by atoms with Gasteiger partial charge in [-0.15, -0.1) is 0 Å². The summed E-state index contributed by atoms with van der Waals surface area (Å²) in [6.45, 7) is 1.56. The summed E-state index contributed by atoms with van der Waals surface area (Å²) in [6.07, 6.45) is 8.46. The van der Waals surface area contributed by atoms with Gasteiger partial charge in [0.25, 0.3) is 11.5 Å². The van der Waals surface area contributed by atoms with Crippen molar-refractivity contribution < 1.29 is 9.53 Å². The molecule has 0 saturated heterocycles. The molecule has 8 nitrogen and oxygen atoms in total. The number of hydrogen-bond acceptors (Lipinski definition) is 4. The molecular weight excluding hydrogens is 372 g/mol. The van der Waals surface area contributed by atoms with Crippen LogP contribution in [0.4, 0.5) is 0 Å². The van der Waals surface area contributed by atoms with Crippen molar-refractivity contribution in [3.8, 4) is 0 Å². The van der Waals surface area contributed by atoms with Crippen LogP contribution in [0.1, 0.15) is 49.0 Å². The minimum Gasteiger partial charge on any atom is -0.385 e. The molecule has 158 valence electrons. The molecule has 0 atom stereocenters. The normalized spacial score (nSPS) is 14.2. The summed E-state index contributed by atoms with van der Waals surface area (Å²) in [4.78, 5) is 37.9. The van der Waals surface area contributed by atoms with E-state index in [1.165, 1.54) is 30.0 Å². The van der Waals surface area contributed by atoms with Gasteiger partial charge in [0.1, 0.15) is 11.3 Å². The third kappa shape index (κ3) is 4.37. The number of carbonyl (C=O) groups excluding carboxylic acids is 1. The highest BCUT2D eigenvalue weighted by atomic mass is 16.5. The fraction of sp³-hybridized carbons (Fsp3) is 0.571. The lowest BCUT2D eigenvalue weighted by molar-refractivity contribution is 0.0944. The first-order valence-electron chi connectivity index (χ1n) is 10.2. The highest BCUT2D eigenvalue weighted by molar-refractivity contribution is 5.97. The van der Waals surface area contributed by atoms with Crippen molar-refractivity contribution in [2.24, 2.45) is 14.1 Å². The first-order valence-corrected chi connectivity index (χ1v) is 10.2. The van der Waals surface area contributed by atoms with E-state index in [0.717, 1.165) is 23.8 Å². The summed E-state index contributed by atoms with van der Waals surface area (Å²) in [6, 6.07) is 1.60. The molecule has 1 amide bonds. The van der Waals surface area contributed by atoms with Crippen molar-refractivity contribution in [2.75, 3.05) is 20.3 Å². The Balaban J connectivity index is 1.91. The van der Waals surface area contributed by atoms with Gasteiger partial charge in [0.15, 0.2) is 0 Å². The van der Waals surface area contributed by atoms with E-state index in [9.17, 15) is 14.4 Å². The van der Waals surface area contributed by atoms with Gasteiger partial charge in [0.05, 0.1) is 5.39 Å². The number of aryl methyl sites for hydroxylation is 2. The third-order valence-electron chi connectivity index (χ3n) is 5.57. The predicted molar refractivity (Wildman–Crippen MR) is 112 cm³/mol. The van der Waals surface area contributed by atoms with Crippen molar-refractivity contribution in [3.63, 3.8) is 0 Å². The van der Waals surface area contributed by atoms with Crippen LogP contribution in [0.15, 0.2) is 27.3 Å². The molecule has 8 heteroatoms. The number of ether oxygens (including phenoxy) is 1. The number of rotatable bonds is 8. The van der Waals surface area contributed by atoms with Crippen LogP contribution in [0, 0.1) is 0 Å². The van der Waals surface area contributed by atoms with Crippen LogP contribution in [-0.2, 0) is 25.4 Å². The molecule has 2 aromatic rings. The molecule has 2 aromatic heterocycles. The lowest BCUT2D eigenvalue weighted by Crippen LogP contribution is -2.37. The van der Waals surface area contributed by atoms with Crippen LogP contribution in [0.2, 0.25) is 0 Å². The summed E-state index contributed by atoms with van der Waals surface area (Å²) < 4.78 is 9.38. The Morgan fingerprint density at radius 1 is 1.21 bits per heavy atom. The highest BCUT2D eigenvalue weighted by Gasteiger charge is 2.21. The number of carbonyl (C=O) groups is 1. The van der Waals surface area contributed by atoms with Crippen molar-refractivity contribution in [2.45, 2.75) is 45.1 Å². The van der Waals surface area contributed by atoms with Crippen molar-refractivity contribution in [1.82, 2.24) is 19.0 Å². The molecule has 0 fully saturated rings. The number of nitrogens with zero attached hydrogens (tertiary/aromatic N) is 3. The van der Waals surface area contributed by atoms with Gasteiger partial charge in [0, 0.05) is 40.9 Å². The molecule has 0 aromatic carbocycles. The lowest BCUT2D eigenvalue weighted by atomic mass is 9.97. The summed E-state index contributed by atoms with van der Waals surface area (Å²) in [5.74, 6) is -0.232. The first kappa shape index (κ1) is 21.1. The van der Waals surface area contributed by atoms with Crippen molar-refractivity contribution in [3.05, 3.63) is 44.2 Å². The molecule has 0 radical (unpaired) electrons. The maximum atomic E-state index is 12.9. The molecule has 1 aliphatic carbocycles. The second kappa shape index (κ2) is 9.26. The molecule has 0 saturated carbocycles. The maximum absolute atomic E-state index is 12.9. The number of fused-ring (bicyclic) bond motifs is 1. The van der Waals surface area contributed by atoms with E-state index in [4.69, 9.17) is 4.74 Å². The number of allylic oxidation sites excluding steroid dienone is 1. The van der Waals surface area contributed by atoms with Gasteiger partial charge in [-0.05, 0) is 44.6 Å². The highest BCUT2D eigenvalue weighted by Crippen LogP contribution is 2.20. The van der Waals surface area contributed by atoms with E-state index >= 15 is 0 Å². The van der Waals surface area contributed by atoms with Crippen LogP contribution < -0.4 is 16.6 Å². The van der Waals surface area contributed by atoms with E-state index in [1.54, 1.807) is 24.8 Å². The fourth-order valence-corrected chi connectivity index (χ4v) is 3.98. The van der Waals surface area contributed by atoms with Crippen LogP contribution in [0.25, 0.3) is 11.0 Å². The number of aromatic nitrogens is 3. The molecule has 1 N–H and O–H groups in total. The van der Waals surface area contributed by atoms with Crippen LogP contribution in [0.5, 0.6) is 0 Å². The minimum atomic E-state index is -0.412. The van der Waals surface area contributed by atoms with Gasteiger partial charge in [-0.3, -0.25) is 18.7 Å². The molecule has 0 bridgehead atoms. The van der Waals surface area contributed by atoms with Crippen LogP contribution in [-0.4, -0.2) is 39.9 Å². The molecule has 0 aliphatic heterocycles. The Bertz CT molecular complexity index is 1040. The second-order valence-electron chi connectivity index (χ2n) is 7.58. The standard InChI is InChI=1S/C21H30N4O4/c1-23-19-16(20(27)24(2)21(23)28)14-17(25(19)12-7-13-29-3)18(26)22-11-10-15-8-5-4-6-9-15/h8,14H,4-7,9-13H2,1-3H3,(H,22,26).